The third-order valence-corrected chi connectivity index (χ3v) is 4.49. The summed E-state index contributed by atoms with van der Waals surface area (Å²) in [6, 6.07) is 24.2. The molecule has 0 unspecified atom stereocenters. The number of nitriles is 2. The van der Waals surface area contributed by atoms with Crippen molar-refractivity contribution >= 4 is 0 Å². The van der Waals surface area contributed by atoms with E-state index in [4.69, 9.17) is 4.74 Å². The molecule has 0 aromatic heterocycles. The number of rotatable bonds is 5. The maximum atomic E-state index is 9.52. The Morgan fingerprint density at radius 3 is 1.85 bits per heavy atom. The van der Waals surface area contributed by atoms with E-state index in [0.717, 1.165) is 46.6 Å². The number of hydrogen-bond acceptors (Lipinski definition) is 3. The topological polar surface area (TPSA) is 56.8 Å². The fourth-order valence-electron chi connectivity index (χ4n) is 3.01. The molecule has 0 bridgehead atoms. The van der Waals surface area contributed by atoms with E-state index in [1.165, 1.54) is 0 Å². The lowest BCUT2D eigenvalue weighted by Crippen LogP contribution is -1.94. The van der Waals surface area contributed by atoms with Crippen molar-refractivity contribution in [2.24, 2.45) is 0 Å². The average molecular weight is 352 g/mol. The Kier molecular flexibility index (Phi) is 5.55. The van der Waals surface area contributed by atoms with E-state index in [1.54, 1.807) is 0 Å². The fraction of sp³-hybridized carbons (Fsp3) is 0.167. The van der Waals surface area contributed by atoms with Gasteiger partial charge in [-0.15, -0.1) is 0 Å². The Hall–Kier alpha value is -3.56. The Morgan fingerprint density at radius 2 is 1.30 bits per heavy atom. The van der Waals surface area contributed by atoms with E-state index < -0.39 is 0 Å². The second kappa shape index (κ2) is 8.21. The minimum absolute atomic E-state index is 0.433. The van der Waals surface area contributed by atoms with Crippen LogP contribution in [0.15, 0.2) is 60.7 Å². The lowest BCUT2D eigenvalue weighted by Gasteiger charge is -2.10. The van der Waals surface area contributed by atoms with Crippen LogP contribution in [0.25, 0.3) is 22.3 Å². The highest BCUT2D eigenvalue weighted by molar-refractivity contribution is 5.77. The van der Waals surface area contributed by atoms with Crippen molar-refractivity contribution in [3.8, 4) is 40.1 Å². The van der Waals surface area contributed by atoms with Gasteiger partial charge < -0.3 is 4.74 Å². The molecule has 0 atom stereocenters. The van der Waals surface area contributed by atoms with Crippen molar-refractivity contribution < 1.29 is 4.74 Å². The molecule has 0 amide bonds. The quantitative estimate of drug-likeness (QED) is 0.578. The maximum absolute atomic E-state index is 9.52. The molecule has 0 radical (unpaired) electrons. The average Bonchev–Trinajstić information content (AvgIpc) is 2.72. The van der Waals surface area contributed by atoms with Crippen molar-refractivity contribution in [1.29, 1.82) is 10.5 Å². The first-order valence-electron chi connectivity index (χ1n) is 8.95. The van der Waals surface area contributed by atoms with Gasteiger partial charge in [-0.1, -0.05) is 55.5 Å². The van der Waals surface area contributed by atoms with Crippen LogP contribution in [0.5, 0.6) is 5.75 Å². The van der Waals surface area contributed by atoms with Gasteiger partial charge in [-0.2, -0.15) is 10.5 Å². The monoisotopic (exact) mass is 352 g/mol. The molecule has 0 spiro atoms. The van der Waals surface area contributed by atoms with Crippen LogP contribution in [-0.4, -0.2) is 6.61 Å². The van der Waals surface area contributed by atoms with Crippen molar-refractivity contribution in [2.75, 3.05) is 6.61 Å². The number of hydrogen-bond donors (Lipinski definition) is 0. The maximum Gasteiger partial charge on any atom is 0.119 e. The van der Waals surface area contributed by atoms with Gasteiger partial charge in [0.05, 0.1) is 17.7 Å². The van der Waals surface area contributed by atoms with Gasteiger partial charge in [0.15, 0.2) is 0 Å². The summed E-state index contributed by atoms with van der Waals surface area (Å²) in [5, 5.41) is 18.9. The van der Waals surface area contributed by atoms with E-state index in [9.17, 15) is 10.5 Å². The second-order valence-corrected chi connectivity index (χ2v) is 6.35. The van der Waals surface area contributed by atoms with Gasteiger partial charge in [0.2, 0.25) is 0 Å². The van der Waals surface area contributed by atoms with Gasteiger partial charge in [-0.25, -0.2) is 0 Å². The Bertz CT molecular complexity index is 1020. The highest BCUT2D eigenvalue weighted by Crippen LogP contribution is 2.30. The first-order valence-corrected chi connectivity index (χ1v) is 8.95. The predicted octanol–water partition coefficient (Wildman–Crippen LogP) is 5.86. The molecule has 0 N–H and O–H groups in total. The van der Waals surface area contributed by atoms with E-state index in [2.05, 4.69) is 19.1 Å². The van der Waals surface area contributed by atoms with Gasteiger partial charge in [0.1, 0.15) is 17.9 Å². The molecular formula is C24H20N2O. The zero-order valence-electron chi connectivity index (χ0n) is 15.5. The highest BCUT2D eigenvalue weighted by Gasteiger charge is 2.12. The molecule has 0 heterocycles. The zero-order valence-corrected chi connectivity index (χ0v) is 15.5. The summed E-state index contributed by atoms with van der Waals surface area (Å²) in [5.41, 5.74) is 5.60. The van der Waals surface area contributed by atoms with Crippen molar-refractivity contribution in [1.82, 2.24) is 0 Å². The third kappa shape index (κ3) is 3.84. The Balaban J connectivity index is 1.91. The number of nitrogens with zero attached hydrogens (tertiary/aromatic N) is 2. The van der Waals surface area contributed by atoms with Gasteiger partial charge in [0, 0.05) is 5.56 Å². The summed E-state index contributed by atoms with van der Waals surface area (Å²) in [4.78, 5) is 0. The minimum Gasteiger partial charge on any atom is -0.494 e. The molecule has 0 saturated heterocycles. The van der Waals surface area contributed by atoms with Gasteiger partial charge in [-0.05, 0) is 47.7 Å². The van der Waals surface area contributed by atoms with Crippen molar-refractivity contribution in [3.63, 3.8) is 0 Å². The predicted molar refractivity (Wildman–Crippen MR) is 107 cm³/mol. The third-order valence-electron chi connectivity index (χ3n) is 4.49. The second-order valence-electron chi connectivity index (χ2n) is 6.35. The summed E-state index contributed by atoms with van der Waals surface area (Å²) in [6.07, 6.45) is 0.987. The van der Waals surface area contributed by atoms with Gasteiger partial charge in [0.25, 0.3) is 0 Å². The summed E-state index contributed by atoms with van der Waals surface area (Å²) in [6.45, 7) is 4.65. The number of ether oxygens (including phenoxy) is 1. The molecule has 3 nitrogen and oxygen atoms in total. The first kappa shape index (κ1) is 18.2. The SMILES string of the molecule is CCCOc1ccc(-c2ccc(-c3ccc(C)c(C#N)c3C#N)cc2)cc1. The zero-order chi connectivity index (χ0) is 19.2. The summed E-state index contributed by atoms with van der Waals surface area (Å²) in [5.74, 6) is 0.875. The van der Waals surface area contributed by atoms with Crippen molar-refractivity contribution in [3.05, 3.63) is 77.4 Å². The van der Waals surface area contributed by atoms with Crippen molar-refractivity contribution in [2.45, 2.75) is 20.3 Å². The molecule has 132 valence electrons. The van der Waals surface area contributed by atoms with Crippen LogP contribution in [0.2, 0.25) is 0 Å². The summed E-state index contributed by atoms with van der Waals surface area (Å²) >= 11 is 0. The molecule has 0 fully saturated rings. The van der Waals surface area contributed by atoms with Crippen LogP contribution < -0.4 is 4.74 Å². The number of aryl methyl sites for hydroxylation is 1. The lowest BCUT2D eigenvalue weighted by molar-refractivity contribution is 0.317. The first-order chi connectivity index (χ1) is 13.2. The molecule has 0 saturated carbocycles. The molecule has 0 aliphatic carbocycles. The molecule has 0 aliphatic heterocycles. The smallest absolute Gasteiger partial charge is 0.119 e. The number of benzene rings is 3. The highest BCUT2D eigenvalue weighted by atomic mass is 16.5. The summed E-state index contributed by atoms with van der Waals surface area (Å²) in [7, 11) is 0. The summed E-state index contributed by atoms with van der Waals surface area (Å²) < 4.78 is 5.62. The standard InChI is InChI=1S/C24H20N2O/c1-3-14-27-21-11-9-19(10-12-21)18-5-7-20(8-6-18)22-13-4-17(2)23(15-25)24(22)16-26/h4-13H,3,14H2,1-2H3. The van der Waals surface area contributed by atoms with Crippen LogP contribution in [0, 0.1) is 29.6 Å². The molecule has 3 aromatic carbocycles. The van der Waals surface area contributed by atoms with Crippen LogP contribution >= 0.6 is 0 Å². The fourth-order valence-corrected chi connectivity index (χ4v) is 3.01. The van der Waals surface area contributed by atoms with Gasteiger partial charge in [-0.3, -0.25) is 0 Å². The molecule has 3 aromatic rings. The molecular weight excluding hydrogens is 332 g/mol. The lowest BCUT2D eigenvalue weighted by atomic mass is 9.92. The van der Waals surface area contributed by atoms with Gasteiger partial charge >= 0.3 is 0 Å². The van der Waals surface area contributed by atoms with Crippen LogP contribution in [0.3, 0.4) is 0 Å². The van der Waals surface area contributed by atoms with E-state index in [1.807, 2.05) is 67.6 Å². The Morgan fingerprint density at radius 1 is 0.741 bits per heavy atom. The Labute approximate surface area is 160 Å². The molecule has 27 heavy (non-hydrogen) atoms. The molecule has 3 rings (SSSR count). The van der Waals surface area contributed by atoms with Crippen LogP contribution in [0.4, 0.5) is 0 Å². The largest absolute Gasteiger partial charge is 0.494 e. The molecule has 3 heteroatoms. The van der Waals surface area contributed by atoms with Crippen LogP contribution in [0.1, 0.15) is 30.0 Å². The van der Waals surface area contributed by atoms with Crippen LogP contribution in [-0.2, 0) is 0 Å². The normalized spacial score (nSPS) is 10.1. The van der Waals surface area contributed by atoms with E-state index in [0.29, 0.717) is 11.1 Å². The van der Waals surface area contributed by atoms with E-state index in [-0.39, 0.29) is 0 Å². The van der Waals surface area contributed by atoms with E-state index >= 15 is 0 Å². The molecule has 0 aliphatic rings. The minimum atomic E-state index is 0.433.